The highest BCUT2D eigenvalue weighted by Gasteiger charge is 2.31. The lowest BCUT2D eigenvalue weighted by Crippen LogP contribution is -2.51. The first kappa shape index (κ1) is 14.0. The van der Waals surface area contributed by atoms with Gasteiger partial charge in [-0.3, -0.25) is 4.79 Å². The van der Waals surface area contributed by atoms with E-state index in [9.17, 15) is 9.18 Å². The molecule has 3 nitrogen and oxygen atoms in total. The minimum Gasteiger partial charge on any atom is -0.480 e. The van der Waals surface area contributed by atoms with E-state index in [1.54, 1.807) is 19.1 Å². The molecule has 1 aromatic carbocycles. The second kappa shape index (κ2) is 6.02. The van der Waals surface area contributed by atoms with Crippen LogP contribution in [0.3, 0.4) is 0 Å². The Bertz CT molecular complexity index is 400. The number of halogens is 1. The van der Waals surface area contributed by atoms with Crippen LogP contribution >= 0.6 is 11.8 Å². The van der Waals surface area contributed by atoms with Gasteiger partial charge in [-0.2, -0.15) is 0 Å². The largest absolute Gasteiger partial charge is 0.480 e. The number of carboxylic acids is 1. The number of carboxylic acid groups (broad SMARTS) is 1. The predicted molar refractivity (Wildman–Crippen MR) is 66.8 cm³/mol. The Morgan fingerprint density at radius 1 is 1.59 bits per heavy atom. The number of hydrogen-bond donors (Lipinski definition) is 2. The molecule has 0 saturated carbocycles. The molecule has 0 saturated heterocycles. The van der Waals surface area contributed by atoms with E-state index < -0.39 is 11.5 Å². The third-order valence-corrected chi connectivity index (χ3v) is 3.67. The molecule has 17 heavy (non-hydrogen) atoms. The molecule has 0 aliphatic carbocycles. The lowest BCUT2D eigenvalue weighted by atomic mass is 10.1. The molecule has 0 radical (unpaired) electrons. The Morgan fingerprint density at radius 3 is 2.82 bits per heavy atom. The fraction of sp³-hybridized carbons (Fsp3) is 0.417. The smallest absolute Gasteiger partial charge is 0.324 e. The molecule has 0 spiro atoms. The fourth-order valence-electron chi connectivity index (χ4n) is 1.36. The van der Waals surface area contributed by atoms with Crippen LogP contribution in [0.2, 0.25) is 0 Å². The van der Waals surface area contributed by atoms with Gasteiger partial charge >= 0.3 is 5.97 Å². The second-order valence-corrected chi connectivity index (χ2v) is 4.96. The molecular weight excluding hydrogens is 241 g/mol. The van der Waals surface area contributed by atoms with Crippen LogP contribution in [0, 0.1) is 5.82 Å². The van der Waals surface area contributed by atoms with Gasteiger partial charge in [-0.25, -0.2) is 4.39 Å². The van der Waals surface area contributed by atoms with Crippen molar-refractivity contribution in [2.75, 3.05) is 12.3 Å². The topological polar surface area (TPSA) is 49.3 Å². The lowest BCUT2D eigenvalue weighted by Gasteiger charge is -2.25. The van der Waals surface area contributed by atoms with Crippen molar-refractivity contribution < 1.29 is 14.3 Å². The number of rotatable bonds is 6. The zero-order valence-electron chi connectivity index (χ0n) is 9.87. The van der Waals surface area contributed by atoms with E-state index in [4.69, 9.17) is 5.11 Å². The fourth-order valence-corrected chi connectivity index (χ4v) is 2.41. The molecule has 1 aromatic rings. The SMILES string of the molecule is CCNC(C)(CSc1cccc(F)c1)C(=O)O. The molecule has 0 fully saturated rings. The quantitative estimate of drug-likeness (QED) is 0.768. The molecule has 1 rings (SSSR count). The molecule has 94 valence electrons. The van der Waals surface area contributed by atoms with Crippen molar-refractivity contribution in [1.29, 1.82) is 0 Å². The minimum atomic E-state index is -0.994. The molecule has 0 heterocycles. The summed E-state index contributed by atoms with van der Waals surface area (Å²) < 4.78 is 12.9. The second-order valence-electron chi connectivity index (χ2n) is 3.91. The first-order valence-electron chi connectivity index (χ1n) is 5.35. The third-order valence-electron chi connectivity index (χ3n) is 2.36. The van der Waals surface area contributed by atoms with Crippen LogP contribution in [0.4, 0.5) is 4.39 Å². The third kappa shape index (κ3) is 4.02. The molecule has 0 aliphatic rings. The first-order chi connectivity index (χ1) is 7.98. The Hall–Kier alpha value is -1.07. The number of benzene rings is 1. The van der Waals surface area contributed by atoms with E-state index in [1.165, 1.54) is 23.9 Å². The predicted octanol–water partition coefficient (Wildman–Crippen LogP) is 2.37. The van der Waals surface area contributed by atoms with E-state index in [1.807, 2.05) is 6.92 Å². The van der Waals surface area contributed by atoms with Gasteiger partial charge in [0.15, 0.2) is 0 Å². The van der Waals surface area contributed by atoms with E-state index in [0.29, 0.717) is 12.3 Å². The maximum Gasteiger partial charge on any atom is 0.324 e. The normalized spacial score (nSPS) is 14.3. The van der Waals surface area contributed by atoms with Gasteiger partial charge in [0.1, 0.15) is 11.4 Å². The molecule has 0 aromatic heterocycles. The van der Waals surface area contributed by atoms with Crippen molar-refractivity contribution in [3.63, 3.8) is 0 Å². The molecule has 2 N–H and O–H groups in total. The van der Waals surface area contributed by atoms with Crippen LogP contribution in [0.25, 0.3) is 0 Å². The van der Waals surface area contributed by atoms with Crippen molar-refractivity contribution >= 4 is 17.7 Å². The summed E-state index contributed by atoms with van der Waals surface area (Å²) in [6.07, 6.45) is 0. The van der Waals surface area contributed by atoms with Crippen LogP contribution in [0.5, 0.6) is 0 Å². The summed E-state index contributed by atoms with van der Waals surface area (Å²) in [4.78, 5) is 11.9. The summed E-state index contributed by atoms with van der Waals surface area (Å²) in [6, 6.07) is 6.15. The zero-order valence-corrected chi connectivity index (χ0v) is 10.7. The molecule has 0 amide bonds. The summed E-state index contributed by atoms with van der Waals surface area (Å²) in [5.41, 5.74) is -0.994. The van der Waals surface area contributed by atoms with E-state index in [2.05, 4.69) is 5.32 Å². The van der Waals surface area contributed by atoms with E-state index in [-0.39, 0.29) is 5.82 Å². The van der Waals surface area contributed by atoms with E-state index >= 15 is 0 Å². The van der Waals surface area contributed by atoms with Crippen molar-refractivity contribution in [2.24, 2.45) is 0 Å². The van der Waals surface area contributed by atoms with Gasteiger partial charge < -0.3 is 10.4 Å². The standard InChI is InChI=1S/C12H16FNO2S/c1-3-14-12(2,11(15)16)8-17-10-6-4-5-9(13)7-10/h4-7,14H,3,8H2,1-2H3,(H,15,16). The average molecular weight is 257 g/mol. The molecule has 1 unspecified atom stereocenters. The summed E-state index contributed by atoms with van der Waals surface area (Å²) >= 11 is 1.33. The van der Waals surface area contributed by atoms with Gasteiger partial charge in [0.05, 0.1) is 0 Å². The number of likely N-dealkylation sites (N-methyl/N-ethyl adjacent to an activating group) is 1. The summed E-state index contributed by atoms with van der Waals surface area (Å²) in [5.74, 6) is -0.863. The van der Waals surface area contributed by atoms with Gasteiger partial charge in [0.2, 0.25) is 0 Å². The summed E-state index contributed by atoms with van der Waals surface area (Å²) in [6.45, 7) is 4.06. The van der Waals surface area contributed by atoms with Crippen LogP contribution in [-0.2, 0) is 4.79 Å². The van der Waals surface area contributed by atoms with Crippen molar-refractivity contribution in [3.05, 3.63) is 30.1 Å². The Morgan fingerprint density at radius 2 is 2.29 bits per heavy atom. The molecule has 0 aliphatic heterocycles. The lowest BCUT2D eigenvalue weighted by molar-refractivity contribution is -0.143. The summed E-state index contributed by atoms with van der Waals surface area (Å²) in [7, 11) is 0. The Balaban J connectivity index is 2.67. The highest BCUT2D eigenvalue weighted by Crippen LogP contribution is 2.23. The number of thioether (sulfide) groups is 1. The van der Waals surface area contributed by atoms with Gasteiger partial charge in [0.25, 0.3) is 0 Å². The Kier molecular flexibility index (Phi) is 4.96. The van der Waals surface area contributed by atoms with Crippen LogP contribution < -0.4 is 5.32 Å². The number of carbonyl (C=O) groups is 1. The van der Waals surface area contributed by atoms with Crippen molar-refractivity contribution in [1.82, 2.24) is 5.32 Å². The maximum absolute atomic E-state index is 12.9. The van der Waals surface area contributed by atoms with Gasteiger partial charge in [-0.1, -0.05) is 13.0 Å². The zero-order chi connectivity index (χ0) is 12.9. The number of nitrogens with one attached hydrogen (secondary N) is 1. The number of aliphatic carboxylic acids is 1. The maximum atomic E-state index is 12.9. The van der Waals surface area contributed by atoms with E-state index in [0.717, 1.165) is 4.90 Å². The van der Waals surface area contributed by atoms with Crippen LogP contribution in [0.1, 0.15) is 13.8 Å². The molecule has 1 atom stereocenters. The molecule has 5 heteroatoms. The molecule has 0 bridgehead atoms. The average Bonchev–Trinajstić information content (AvgIpc) is 2.27. The minimum absolute atomic E-state index is 0.310. The highest BCUT2D eigenvalue weighted by molar-refractivity contribution is 7.99. The van der Waals surface area contributed by atoms with Crippen LogP contribution in [-0.4, -0.2) is 28.9 Å². The van der Waals surface area contributed by atoms with Crippen molar-refractivity contribution in [3.8, 4) is 0 Å². The van der Waals surface area contributed by atoms with Crippen molar-refractivity contribution in [2.45, 2.75) is 24.3 Å². The Labute approximate surface area is 104 Å². The van der Waals surface area contributed by atoms with Gasteiger partial charge in [0, 0.05) is 10.6 Å². The monoisotopic (exact) mass is 257 g/mol. The highest BCUT2D eigenvalue weighted by atomic mass is 32.2. The summed E-state index contributed by atoms with van der Waals surface area (Å²) in [5, 5.41) is 12.1. The van der Waals surface area contributed by atoms with Crippen LogP contribution in [0.15, 0.2) is 29.2 Å². The van der Waals surface area contributed by atoms with Gasteiger partial charge in [-0.05, 0) is 31.7 Å². The molecular formula is C12H16FNO2S. The first-order valence-corrected chi connectivity index (χ1v) is 6.33. The van der Waals surface area contributed by atoms with Gasteiger partial charge in [-0.15, -0.1) is 11.8 Å². The number of hydrogen-bond acceptors (Lipinski definition) is 3.